The van der Waals surface area contributed by atoms with E-state index in [1.54, 1.807) is 19.1 Å². The van der Waals surface area contributed by atoms with Crippen LogP contribution in [0.1, 0.15) is 30.7 Å². The molecule has 0 unspecified atom stereocenters. The third-order valence-corrected chi connectivity index (χ3v) is 5.04. The minimum absolute atomic E-state index is 0.132. The van der Waals surface area contributed by atoms with Crippen LogP contribution in [0, 0.1) is 13.8 Å². The van der Waals surface area contributed by atoms with E-state index < -0.39 is 5.97 Å². The van der Waals surface area contributed by atoms with Gasteiger partial charge in [-0.1, -0.05) is 6.92 Å². The van der Waals surface area contributed by atoms with Gasteiger partial charge in [0.1, 0.15) is 30.3 Å². The zero-order chi connectivity index (χ0) is 20.7. The topological polar surface area (TPSA) is 75.0 Å². The SMILES string of the molecule is CCc1cc2c(=O)c(-c3cc4c(cc3C)OCCO4)c(C)oc2cc1OC(C)=O. The molecule has 0 aliphatic carbocycles. The van der Waals surface area contributed by atoms with Crippen LogP contribution in [-0.4, -0.2) is 19.2 Å². The molecule has 0 saturated carbocycles. The van der Waals surface area contributed by atoms with Crippen LogP contribution in [0.5, 0.6) is 17.2 Å². The first-order valence-electron chi connectivity index (χ1n) is 9.58. The first-order chi connectivity index (χ1) is 13.9. The molecule has 3 aromatic rings. The highest BCUT2D eigenvalue weighted by atomic mass is 16.6. The molecule has 2 aromatic carbocycles. The zero-order valence-corrected chi connectivity index (χ0v) is 16.9. The van der Waals surface area contributed by atoms with Crippen molar-refractivity contribution in [3.8, 4) is 28.4 Å². The van der Waals surface area contributed by atoms with Crippen molar-refractivity contribution in [2.45, 2.75) is 34.1 Å². The highest BCUT2D eigenvalue weighted by molar-refractivity contribution is 5.86. The van der Waals surface area contributed by atoms with E-state index in [-0.39, 0.29) is 5.43 Å². The van der Waals surface area contributed by atoms with Gasteiger partial charge >= 0.3 is 5.97 Å². The summed E-state index contributed by atoms with van der Waals surface area (Å²) in [5, 5.41) is 0.452. The second-order valence-electron chi connectivity index (χ2n) is 7.08. The minimum atomic E-state index is -0.415. The van der Waals surface area contributed by atoms with Gasteiger partial charge in [0.05, 0.1) is 10.9 Å². The molecule has 0 radical (unpaired) electrons. The molecule has 150 valence electrons. The van der Waals surface area contributed by atoms with E-state index in [1.165, 1.54) is 6.92 Å². The molecule has 0 N–H and O–H groups in total. The summed E-state index contributed by atoms with van der Waals surface area (Å²) in [6.45, 7) is 7.95. The van der Waals surface area contributed by atoms with Crippen LogP contribution in [0.3, 0.4) is 0 Å². The van der Waals surface area contributed by atoms with E-state index in [1.807, 2.05) is 26.0 Å². The van der Waals surface area contributed by atoms with Crippen LogP contribution in [-0.2, 0) is 11.2 Å². The number of esters is 1. The first kappa shape index (κ1) is 19.1. The number of hydrogen-bond acceptors (Lipinski definition) is 6. The van der Waals surface area contributed by atoms with E-state index in [9.17, 15) is 9.59 Å². The normalized spacial score (nSPS) is 12.8. The Hall–Kier alpha value is -3.28. The number of carbonyl (C=O) groups is 1. The molecular formula is C23H22O6. The molecule has 6 nitrogen and oxygen atoms in total. The van der Waals surface area contributed by atoms with Crippen LogP contribution < -0.4 is 19.6 Å². The second-order valence-corrected chi connectivity index (χ2v) is 7.08. The highest BCUT2D eigenvalue weighted by Crippen LogP contribution is 2.38. The lowest BCUT2D eigenvalue weighted by atomic mass is 9.96. The van der Waals surface area contributed by atoms with Crippen molar-refractivity contribution in [2.75, 3.05) is 13.2 Å². The van der Waals surface area contributed by atoms with Gasteiger partial charge in [-0.05, 0) is 55.2 Å². The van der Waals surface area contributed by atoms with Crippen LogP contribution >= 0.6 is 0 Å². The first-order valence-corrected chi connectivity index (χ1v) is 9.58. The van der Waals surface area contributed by atoms with E-state index in [2.05, 4.69) is 0 Å². The maximum Gasteiger partial charge on any atom is 0.308 e. The molecule has 0 atom stereocenters. The summed E-state index contributed by atoms with van der Waals surface area (Å²) in [7, 11) is 0. The number of fused-ring (bicyclic) bond motifs is 2. The maximum absolute atomic E-state index is 13.4. The molecule has 4 rings (SSSR count). The standard InChI is InChI=1S/C23H22O6/c1-5-15-9-17-19(11-18(15)29-14(4)24)28-13(3)22(23(17)25)16-10-21-20(8-12(16)2)26-6-7-27-21/h8-11H,5-7H2,1-4H3. The molecule has 0 amide bonds. The van der Waals surface area contributed by atoms with Crippen LogP contribution in [0.2, 0.25) is 0 Å². The Labute approximate surface area is 168 Å². The summed E-state index contributed by atoms with van der Waals surface area (Å²) < 4.78 is 22.6. The number of benzene rings is 2. The lowest BCUT2D eigenvalue weighted by Crippen LogP contribution is -2.16. The molecule has 0 saturated heterocycles. The molecule has 0 fully saturated rings. The summed E-state index contributed by atoms with van der Waals surface area (Å²) >= 11 is 0. The molecule has 1 aliphatic rings. The van der Waals surface area contributed by atoms with Crippen molar-refractivity contribution < 1.29 is 23.4 Å². The van der Waals surface area contributed by atoms with Crippen LogP contribution in [0.15, 0.2) is 33.5 Å². The summed E-state index contributed by atoms with van der Waals surface area (Å²) in [5.74, 6) is 1.79. The Balaban J connectivity index is 1.95. The van der Waals surface area contributed by atoms with Crippen molar-refractivity contribution in [3.63, 3.8) is 0 Å². The van der Waals surface area contributed by atoms with Gasteiger partial charge in [0.2, 0.25) is 5.43 Å². The van der Waals surface area contributed by atoms with E-state index >= 15 is 0 Å². The Morgan fingerprint density at radius 1 is 1.07 bits per heavy atom. The molecule has 29 heavy (non-hydrogen) atoms. The summed E-state index contributed by atoms with van der Waals surface area (Å²) in [4.78, 5) is 24.8. The van der Waals surface area contributed by atoms with Crippen molar-refractivity contribution in [3.05, 3.63) is 51.4 Å². The predicted molar refractivity (Wildman–Crippen MR) is 109 cm³/mol. The molecule has 0 bridgehead atoms. The smallest absolute Gasteiger partial charge is 0.308 e. The molecule has 6 heteroatoms. The molecule has 2 heterocycles. The van der Waals surface area contributed by atoms with Gasteiger partial charge in [-0.2, -0.15) is 0 Å². The van der Waals surface area contributed by atoms with Crippen molar-refractivity contribution >= 4 is 16.9 Å². The fourth-order valence-corrected chi connectivity index (χ4v) is 3.68. The van der Waals surface area contributed by atoms with E-state index in [0.29, 0.717) is 59.2 Å². The Morgan fingerprint density at radius 3 is 2.41 bits per heavy atom. The Bertz CT molecular complexity index is 1190. The van der Waals surface area contributed by atoms with Gasteiger partial charge in [-0.15, -0.1) is 0 Å². The van der Waals surface area contributed by atoms with Crippen molar-refractivity contribution in [2.24, 2.45) is 0 Å². The Morgan fingerprint density at radius 2 is 1.76 bits per heavy atom. The average molecular weight is 394 g/mol. The zero-order valence-electron chi connectivity index (χ0n) is 16.9. The van der Waals surface area contributed by atoms with Gasteiger partial charge in [0, 0.05) is 13.0 Å². The van der Waals surface area contributed by atoms with E-state index in [0.717, 1.165) is 16.7 Å². The van der Waals surface area contributed by atoms with Gasteiger partial charge in [-0.25, -0.2) is 0 Å². The molecule has 1 aliphatic heterocycles. The van der Waals surface area contributed by atoms with Gasteiger partial charge < -0.3 is 18.6 Å². The Kier molecular flexibility index (Phi) is 4.78. The van der Waals surface area contributed by atoms with Crippen LogP contribution in [0.25, 0.3) is 22.1 Å². The fraction of sp³-hybridized carbons (Fsp3) is 0.304. The highest BCUT2D eigenvalue weighted by Gasteiger charge is 2.21. The third kappa shape index (κ3) is 3.35. The number of aryl methyl sites for hydroxylation is 3. The van der Waals surface area contributed by atoms with Gasteiger partial charge in [0.25, 0.3) is 0 Å². The third-order valence-electron chi connectivity index (χ3n) is 5.04. The second kappa shape index (κ2) is 7.28. The molecule has 1 aromatic heterocycles. The summed E-state index contributed by atoms with van der Waals surface area (Å²) in [6, 6.07) is 7.08. The number of carbonyl (C=O) groups excluding carboxylic acids is 1. The molecular weight excluding hydrogens is 372 g/mol. The largest absolute Gasteiger partial charge is 0.486 e. The summed E-state index contributed by atoms with van der Waals surface area (Å²) in [5.41, 5.74) is 3.18. The minimum Gasteiger partial charge on any atom is -0.486 e. The lowest BCUT2D eigenvalue weighted by molar-refractivity contribution is -0.131. The number of hydrogen-bond donors (Lipinski definition) is 0. The number of ether oxygens (including phenoxy) is 3. The van der Waals surface area contributed by atoms with Crippen LogP contribution in [0.4, 0.5) is 0 Å². The van der Waals surface area contributed by atoms with Gasteiger partial charge in [0.15, 0.2) is 11.5 Å². The van der Waals surface area contributed by atoms with Crippen molar-refractivity contribution in [1.82, 2.24) is 0 Å². The predicted octanol–water partition coefficient (Wildman–Crippen LogP) is 4.34. The molecule has 0 spiro atoms. The lowest BCUT2D eigenvalue weighted by Gasteiger charge is -2.20. The average Bonchev–Trinajstić information content (AvgIpc) is 2.67. The maximum atomic E-state index is 13.4. The van der Waals surface area contributed by atoms with E-state index in [4.69, 9.17) is 18.6 Å². The summed E-state index contributed by atoms with van der Waals surface area (Å²) in [6.07, 6.45) is 0.615. The van der Waals surface area contributed by atoms with Gasteiger partial charge in [-0.3, -0.25) is 9.59 Å². The van der Waals surface area contributed by atoms with Crippen molar-refractivity contribution in [1.29, 1.82) is 0 Å². The monoisotopic (exact) mass is 394 g/mol. The number of rotatable bonds is 3. The fourth-order valence-electron chi connectivity index (χ4n) is 3.68. The quantitative estimate of drug-likeness (QED) is 0.486.